The number of pyridine rings is 1. The molecule has 0 fully saturated rings. The molecule has 6 aromatic carbocycles. The SMILES string of the molecule is Cc1cc(C(C)(C)C)cc(C)c1N1[CH-]N(c2[c-]c(Oc3[c-]c4c(cc3)c3ccccc3n4-c3cc(C(C)(C)C)ccn3)cc3c2oc2ccccc23)c2ccccc21.[Pt]. The van der Waals surface area contributed by atoms with Gasteiger partial charge in [0.05, 0.1) is 0 Å². The number of benzene rings is 6. The predicted octanol–water partition coefficient (Wildman–Crippen LogP) is 14.1. The summed E-state index contributed by atoms with van der Waals surface area (Å²) in [6.07, 6.45) is 1.90. The van der Waals surface area contributed by atoms with Crippen molar-refractivity contribution in [3.05, 3.63) is 163 Å². The number of hydrogen-bond acceptors (Lipinski definition) is 5. The molecule has 9 aromatic rings. The van der Waals surface area contributed by atoms with E-state index >= 15 is 0 Å². The molecule has 6 nitrogen and oxygen atoms in total. The van der Waals surface area contributed by atoms with Crippen LogP contribution in [0, 0.1) is 32.6 Å². The van der Waals surface area contributed by atoms with E-state index in [0.29, 0.717) is 11.5 Å². The summed E-state index contributed by atoms with van der Waals surface area (Å²) in [5, 5.41) is 4.17. The van der Waals surface area contributed by atoms with Gasteiger partial charge in [0.15, 0.2) is 0 Å². The Kier molecular flexibility index (Phi) is 9.28. The van der Waals surface area contributed by atoms with Crippen LogP contribution >= 0.6 is 0 Å². The molecule has 0 N–H and O–H groups in total. The first-order valence-electron chi connectivity index (χ1n) is 20.0. The number of aromatic nitrogens is 2. The molecule has 7 heteroatoms. The van der Waals surface area contributed by atoms with Gasteiger partial charge in [0, 0.05) is 72.3 Å². The topological polar surface area (TPSA) is 46.7 Å². The quantitative estimate of drug-likeness (QED) is 0.161. The van der Waals surface area contributed by atoms with E-state index in [0.717, 1.165) is 72.3 Å². The third-order valence-corrected chi connectivity index (χ3v) is 11.5. The minimum absolute atomic E-state index is 0. The molecule has 0 saturated carbocycles. The molecule has 0 atom stereocenters. The first-order valence-corrected chi connectivity index (χ1v) is 20.0. The summed E-state index contributed by atoms with van der Waals surface area (Å²) in [6, 6.07) is 47.5. The monoisotopic (exact) mass is 952 g/mol. The molecule has 0 spiro atoms. The molecule has 59 heavy (non-hydrogen) atoms. The Morgan fingerprint density at radius 3 is 2.02 bits per heavy atom. The van der Waals surface area contributed by atoms with Gasteiger partial charge in [-0.15, -0.1) is 36.3 Å². The van der Waals surface area contributed by atoms with E-state index in [1.54, 1.807) is 0 Å². The molecule has 1 aliphatic rings. The molecule has 0 unspecified atom stereocenters. The molecular weight excluding hydrogens is 908 g/mol. The minimum Gasteiger partial charge on any atom is -0.514 e. The molecule has 0 saturated heterocycles. The van der Waals surface area contributed by atoms with Crippen LogP contribution in [0.15, 0.2) is 126 Å². The van der Waals surface area contributed by atoms with Crippen molar-refractivity contribution in [3.63, 3.8) is 0 Å². The number of rotatable bonds is 5. The van der Waals surface area contributed by atoms with Gasteiger partial charge in [0.1, 0.15) is 11.4 Å². The predicted molar refractivity (Wildman–Crippen MR) is 238 cm³/mol. The van der Waals surface area contributed by atoms with Crippen molar-refractivity contribution in [3.8, 4) is 17.3 Å². The Morgan fingerprint density at radius 2 is 1.29 bits per heavy atom. The van der Waals surface area contributed by atoms with E-state index in [-0.39, 0.29) is 31.9 Å². The van der Waals surface area contributed by atoms with Crippen LogP contribution in [0.3, 0.4) is 0 Å². The maximum atomic E-state index is 6.82. The molecule has 4 heterocycles. The van der Waals surface area contributed by atoms with Gasteiger partial charge in [-0.05, 0) is 88.7 Å². The number of fused-ring (bicyclic) bond motifs is 7. The van der Waals surface area contributed by atoms with Crippen LogP contribution in [0.4, 0.5) is 22.7 Å². The van der Waals surface area contributed by atoms with Crippen molar-refractivity contribution < 1.29 is 30.2 Å². The summed E-state index contributed by atoms with van der Waals surface area (Å²) in [7, 11) is 0. The number of hydrogen-bond donors (Lipinski definition) is 0. The number of ether oxygens (including phenoxy) is 1. The van der Waals surface area contributed by atoms with Crippen LogP contribution in [0.5, 0.6) is 11.5 Å². The summed E-state index contributed by atoms with van der Waals surface area (Å²) in [6.45, 7) is 20.0. The van der Waals surface area contributed by atoms with Crippen molar-refractivity contribution in [2.24, 2.45) is 0 Å². The Bertz CT molecular complexity index is 3070. The first kappa shape index (κ1) is 38.7. The normalized spacial score (nSPS) is 13.2. The van der Waals surface area contributed by atoms with Gasteiger partial charge in [-0.1, -0.05) is 119 Å². The van der Waals surface area contributed by atoms with E-state index < -0.39 is 0 Å². The summed E-state index contributed by atoms with van der Waals surface area (Å²) >= 11 is 0. The maximum absolute atomic E-state index is 6.82. The fraction of sp³-hybridized carbons (Fsp3) is 0.192. The van der Waals surface area contributed by atoms with E-state index in [9.17, 15) is 0 Å². The second-order valence-electron chi connectivity index (χ2n) is 17.6. The Labute approximate surface area is 360 Å². The van der Waals surface area contributed by atoms with Crippen molar-refractivity contribution in [1.29, 1.82) is 0 Å². The second kappa shape index (κ2) is 14.2. The van der Waals surface area contributed by atoms with Gasteiger partial charge in [-0.2, -0.15) is 6.07 Å². The summed E-state index contributed by atoms with van der Waals surface area (Å²) in [5.74, 6) is 1.99. The molecule has 1 aliphatic heterocycles. The number of aryl methyl sites for hydroxylation is 2. The molecule has 0 aliphatic carbocycles. The largest absolute Gasteiger partial charge is 0.514 e. The fourth-order valence-corrected chi connectivity index (χ4v) is 8.48. The van der Waals surface area contributed by atoms with E-state index in [2.05, 4.69) is 173 Å². The van der Waals surface area contributed by atoms with Gasteiger partial charge >= 0.3 is 0 Å². The van der Waals surface area contributed by atoms with Gasteiger partial charge in [-0.3, -0.25) is 0 Å². The number of para-hydroxylation sites is 4. The fourth-order valence-electron chi connectivity index (χ4n) is 8.48. The van der Waals surface area contributed by atoms with E-state index in [4.69, 9.17) is 14.1 Å². The van der Waals surface area contributed by atoms with E-state index in [1.165, 1.54) is 22.3 Å². The molecular formula is C52H45N4O2Pt-3. The summed E-state index contributed by atoms with van der Waals surface area (Å²) in [4.78, 5) is 9.35. The third kappa shape index (κ3) is 6.49. The summed E-state index contributed by atoms with van der Waals surface area (Å²) in [5.41, 5.74) is 12.5. The zero-order chi connectivity index (χ0) is 40.1. The van der Waals surface area contributed by atoms with Crippen LogP contribution in [0.2, 0.25) is 0 Å². The standard InChI is InChI=1S/C52H45N4O2.Pt/c1-32-25-35(52(6,7)8)26-33(2)49(32)55-31-54(43-18-12-13-19-44(43)55)46-30-37(28-41-40-16-10-14-20-47(40)58-50(41)46)57-36-21-22-39-38-15-9-11-17-42(38)56(45(39)29-36)48-27-34(23-24-53-48)51(3,4)5;/h9-28,31H,1-8H3;/q-3;. The molecule has 0 bridgehead atoms. The van der Waals surface area contributed by atoms with Crippen molar-refractivity contribution in [2.75, 3.05) is 9.80 Å². The first-order chi connectivity index (χ1) is 27.8. The minimum atomic E-state index is -0.0310. The van der Waals surface area contributed by atoms with Gasteiger partial charge in [-0.25, -0.2) is 4.98 Å². The molecule has 0 amide bonds. The Hall–Kier alpha value is -5.84. The Balaban J connectivity index is 0.00000449. The number of anilines is 4. The smallest absolute Gasteiger partial charge is 0.135 e. The van der Waals surface area contributed by atoms with Crippen molar-refractivity contribution in [1.82, 2.24) is 9.55 Å². The molecule has 3 aromatic heterocycles. The van der Waals surface area contributed by atoms with Gasteiger partial charge < -0.3 is 23.5 Å². The van der Waals surface area contributed by atoms with Crippen molar-refractivity contribution >= 4 is 66.5 Å². The van der Waals surface area contributed by atoms with Crippen LogP contribution in [0.25, 0.3) is 49.6 Å². The van der Waals surface area contributed by atoms with E-state index in [1.807, 2.05) is 36.5 Å². The Morgan fingerprint density at radius 1 is 0.627 bits per heavy atom. The average Bonchev–Trinajstić information content (AvgIpc) is 3.87. The maximum Gasteiger partial charge on any atom is 0.135 e. The molecule has 0 radical (unpaired) electrons. The molecule has 10 rings (SSSR count). The third-order valence-electron chi connectivity index (χ3n) is 11.5. The van der Waals surface area contributed by atoms with Crippen LogP contribution in [-0.2, 0) is 31.9 Å². The van der Waals surface area contributed by atoms with Gasteiger partial charge in [0.25, 0.3) is 0 Å². The summed E-state index contributed by atoms with van der Waals surface area (Å²) < 4.78 is 15.7. The van der Waals surface area contributed by atoms with Crippen LogP contribution in [-0.4, -0.2) is 9.55 Å². The number of furan rings is 1. The molecule has 298 valence electrons. The number of nitrogens with zero attached hydrogens (tertiary/aromatic N) is 4. The van der Waals surface area contributed by atoms with Crippen LogP contribution in [0.1, 0.15) is 63.8 Å². The zero-order valence-corrected chi connectivity index (χ0v) is 36.8. The van der Waals surface area contributed by atoms with Crippen LogP contribution < -0.4 is 14.5 Å². The van der Waals surface area contributed by atoms with Gasteiger partial charge in [0.2, 0.25) is 0 Å². The average molecular weight is 953 g/mol. The second-order valence-corrected chi connectivity index (χ2v) is 17.6. The van der Waals surface area contributed by atoms with Crippen molar-refractivity contribution in [2.45, 2.75) is 66.2 Å². The zero-order valence-electron chi connectivity index (χ0n) is 34.5.